The third-order valence-electron chi connectivity index (χ3n) is 4.56. The minimum atomic E-state index is -0.590. The van der Waals surface area contributed by atoms with Crippen molar-refractivity contribution in [3.05, 3.63) is 53.2 Å². The SMILES string of the molecule is Cc1cc(Nc2cc(N3CCCC3c3ccc(F)cc3F)nc(N)n2)n[nH]1. The van der Waals surface area contributed by atoms with Gasteiger partial charge in [-0.2, -0.15) is 15.1 Å². The van der Waals surface area contributed by atoms with Crippen LogP contribution in [0.1, 0.15) is 30.1 Å². The molecule has 0 saturated carbocycles. The summed E-state index contributed by atoms with van der Waals surface area (Å²) in [4.78, 5) is 10.5. The van der Waals surface area contributed by atoms with E-state index in [1.807, 2.05) is 17.9 Å². The fourth-order valence-electron chi connectivity index (χ4n) is 3.41. The molecular formula is C18H19F2N7. The monoisotopic (exact) mass is 371 g/mol. The largest absolute Gasteiger partial charge is 0.368 e. The number of nitrogen functional groups attached to an aromatic ring is 1. The summed E-state index contributed by atoms with van der Waals surface area (Å²) in [7, 11) is 0. The summed E-state index contributed by atoms with van der Waals surface area (Å²) in [6, 6.07) is 7.03. The molecule has 2 aromatic heterocycles. The normalized spacial score (nSPS) is 16.7. The number of anilines is 4. The number of hydrogen-bond donors (Lipinski definition) is 3. The molecular weight excluding hydrogens is 352 g/mol. The van der Waals surface area contributed by atoms with Gasteiger partial charge in [-0.05, 0) is 25.8 Å². The fraction of sp³-hybridized carbons (Fsp3) is 0.278. The number of rotatable bonds is 4. The molecule has 1 saturated heterocycles. The van der Waals surface area contributed by atoms with Crippen LogP contribution in [-0.4, -0.2) is 26.7 Å². The zero-order valence-corrected chi connectivity index (χ0v) is 14.7. The van der Waals surface area contributed by atoms with Crippen LogP contribution in [0.15, 0.2) is 30.3 Å². The van der Waals surface area contributed by atoms with Crippen molar-refractivity contribution >= 4 is 23.4 Å². The van der Waals surface area contributed by atoms with E-state index in [1.165, 1.54) is 12.1 Å². The highest BCUT2D eigenvalue weighted by atomic mass is 19.1. The molecule has 0 amide bonds. The molecule has 4 N–H and O–H groups in total. The highest BCUT2D eigenvalue weighted by Gasteiger charge is 2.30. The van der Waals surface area contributed by atoms with Crippen molar-refractivity contribution in [1.29, 1.82) is 0 Å². The molecule has 3 aromatic rings. The van der Waals surface area contributed by atoms with Crippen LogP contribution in [0.2, 0.25) is 0 Å². The molecule has 1 atom stereocenters. The molecule has 140 valence electrons. The first-order chi connectivity index (χ1) is 13.0. The van der Waals surface area contributed by atoms with Crippen molar-refractivity contribution in [1.82, 2.24) is 20.2 Å². The van der Waals surface area contributed by atoms with Gasteiger partial charge in [0, 0.05) is 36.0 Å². The lowest BCUT2D eigenvalue weighted by Gasteiger charge is -2.26. The van der Waals surface area contributed by atoms with Crippen LogP contribution in [0.25, 0.3) is 0 Å². The first-order valence-electron chi connectivity index (χ1n) is 8.65. The van der Waals surface area contributed by atoms with Gasteiger partial charge in [0.25, 0.3) is 0 Å². The Kier molecular flexibility index (Phi) is 4.35. The molecule has 0 radical (unpaired) electrons. The summed E-state index contributed by atoms with van der Waals surface area (Å²) < 4.78 is 27.6. The summed E-state index contributed by atoms with van der Waals surface area (Å²) in [6.07, 6.45) is 1.61. The minimum absolute atomic E-state index is 0.104. The lowest BCUT2D eigenvalue weighted by atomic mass is 10.0. The molecule has 1 aromatic carbocycles. The summed E-state index contributed by atoms with van der Waals surface area (Å²) in [5, 5.41) is 10.0. The number of nitrogens with one attached hydrogen (secondary N) is 2. The summed E-state index contributed by atoms with van der Waals surface area (Å²) in [6.45, 7) is 2.59. The Bertz CT molecular complexity index is 972. The molecule has 1 fully saturated rings. The van der Waals surface area contributed by atoms with E-state index in [1.54, 1.807) is 6.07 Å². The van der Waals surface area contributed by atoms with E-state index >= 15 is 0 Å². The van der Waals surface area contributed by atoms with E-state index in [0.29, 0.717) is 29.6 Å². The van der Waals surface area contributed by atoms with Gasteiger partial charge >= 0.3 is 0 Å². The number of halogens is 2. The average Bonchev–Trinajstić information content (AvgIpc) is 3.23. The molecule has 3 heterocycles. The zero-order valence-electron chi connectivity index (χ0n) is 14.7. The summed E-state index contributed by atoms with van der Waals surface area (Å²) in [5.41, 5.74) is 7.24. The molecule has 27 heavy (non-hydrogen) atoms. The highest BCUT2D eigenvalue weighted by Crippen LogP contribution is 2.37. The predicted molar refractivity (Wildman–Crippen MR) is 98.7 cm³/mol. The Labute approximate surface area is 154 Å². The maximum Gasteiger partial charge on any atom is 0.223 e. The van der Waals surface area contributed by atoms with E-state index in [4.69, 9.17) is 5.73 Å². The summed E-state index contributed by atoms with van der Waals surface area (Å²) >= 11 is 0. The lowest BCUT2D eigenvalue weighted by Crippen LogP contribution is -2.25. The van der Waals surface area contributed by atoms with Gasteiger partial charge in [0.05, 0.1) is 6.04 Å². The maximum atomic E-state index is 14.3. The van der Waals surface area contributed by atoms with Gasteiger partial charge in [-0.3, -0.25) is 5.10 Å². The molecule has 4 rings (SSSR count). The summed E-state index contributed by atoms with van der Waals surface area (Å²) in [5.74, 6) is 0.649. The third-order valence-corrected chi connectivity index (χ3v) is 4.56. The number of hydrogen-bond acceptors (Lipinski definition) is 6. The van der Waals surface area contributed by atoms with Crippen LogP contribution < -0.4 is 16.0 Å². The van der Waals surface area contributed by atoms with Gasteiger partial charge < -0.3 is 16.0 Å². The highest BCUT2D eigenvalue weighted by molar-refractivity contribution is 5.60. The fourth-order valence-corrected chi connectivity index (χ4v) is 3.41. The van der Waals surface area contributed by atoms with Crippen LogP contribution in [0.4, 0.5) is 32.2 Å². The van der Waals surface area contributed by atoms with Crippen molar-refractivity contribution in [2.45, 2.75) is 25.8 Å². The third kappa shape index (κ3) is 3.53. The van der Waals surface area contributed by atoms with Gasteiger partial charge in [0.15, 0.2) is 5.82 Å². The van der Waals surface area contributed by atoms with Crippen molar-refractivity contribution < 1.29 is 8.78 Å². The van der Waals surface area contributed by atoms with Crippen LogP contribution in [0.5, 0.6) is 0 Å². The molecule has 0 aliphatic carbocycles. The Morgan fingerprint density at radius 3 is 2.78 bits per heavy atom. The maximum absolute atomic E-state index is 14.3. The molecule has 7 nitrogen and oxygen atoms in total. The van der Waals surface area contributed by atoms with Gasteiger partial charge in [-0.15, -0.1) is 0 Å². The number of aryl methyl sites for hydroxylation is 1. The van der Waals surface area contributed by atoms with Crippen molar-refractivity contribution in [2.24, 2.45) is 0 Å². The van der Waals surface area contributed by atoms with Crippen LogP contribution in [-0.2, 0) is 0 Å². The van der Waals surface area contributed by atoms with Crippen LogP contribution >= 0.6 is 0 Å². The Balaban J connectivity index is 1.65. The van der Waals surface area contributed by atoms with Crippen molar-refractivity contribution in [3.63, 3.8) is 0 Å². The van der Waals surface area contributed by atoms with E-state index in [9.17, 15) is 8.78 Å². The number of benzene rings is 1. The second-order valence-electron chi connectivity index (χ2n) is 6.55. The van der Waals surface area contributed by atoms with Crippen molar-refractivity contribution in [2.75, 3.05) is 22.5 Å². The number of aromatic nitrogens is 4. The first kappa shape index (κ1) is 17.2. The standard InChI is InChI=1S/C18H19F2N7/c1-10-7-16(26-25-10)22-15-9-17(24-18(21)23-15)27-6-2-3-14(27)12-5-4-11(19)8-13(12)20/h4-5,7-9,14H,2-3,6H2,1H3,(H4,21,22,23,24,25,26). The number of nitrogens with two attached hydrogens (primary N) is 1. The van der Waals surface area contributed by atoms with Crippen LogP contribution in [0, 0.1) is 18.6 Å². The number of H-pyrrole nitrogens is 1. The molecule has 1 aliphatic rings. The molecule has 9 heteroatoms. The topological polar surface area (TPSA) is 95.8 Å². The Hall–Kier alpha value is -3.23. The quantitative estimate of drug-likeness (QED) is 0.650. The van der Waals surface area contributed by atoms with Gasteiger partial charge in [0.2, 0.25) is 5.95 Å². The van der Waals surface area contributed by atoms with Crippen molar-refractivity contribution in [3.8, 4) is 0 Å². The number of nitrogens with zero attached hydrogens (tertiary/aromatic N) is 4. The zero-order chi connectivity index (χ0) is 19.0. The van der Waals surface area contributed by atoms with E-state index in [-0.39, 0.29) is 12.0 Å². The molecule has 1 aliphatic heterocycles. The number of aromatic amines is 1. The molecule has 0 bridgehead atoms. The van der Waals surface area contributed by atoms with Gasteiger partial charge in [-0.25, -0.2) is 8.78 Å². The molecule has 1 unspecified atom stereocenters. The van der Waals surface area contributed by atoms with E-state index in [0.717, 1.165) is 24.6 Å². The van der Waals surface area contributed by atoms with Gasteiger partial charge in [-0.1, -0.05) is 6.07 Å². The predicted octanol–water partition coefficient (Wildman–Crippen LogP) is 3.45. The first-order valence-corrected chi connectivity index (χ1v) is 8.65. The Morgan fingerprint density at radius 2 is 2.04 bits per heavy atom. The smallest absolute Gasteiger partial charge is 0.223 e. The molecule has 0 spiro atoms. The Morgan fingerprint density at radius 1 is 1.19 bits per heavy atom. The van der Waals surface area contributed by atoms with E-state index in [2.05, 4.69) is 25.5 Å². The van der Waals surface area contributed by atoms with Gasteiger partial charge in [0.1, 0.15) is 23.3 Å². The van der Waals surface area contributed by atoms with E-state index < -0.39 is 11.6 Å². The lowest BCUT2D eigenvalue weighted by molar-refractivity contribution is 0.553. The second-order valence-corrected chi connectivity index (χ2v) is 6.55. The second kappa shape index (κ2) is 6.82. The average molecular weight is 371 g/mol. The minimum Gasteiger partial charge on any atom is -0.368 e. The van der Waals surface area contributed by atoms with Crippen LogP contribution in [0.3, 0.4) is 0 Å².